The van der Waals surface area contributed by atoms with Crippen LogP contribution in [0.15, 0.2) is 48.5 Å². The van der Waals surface area contributed by atoms with Crippen LogP contribution in [0, 0.1) is 33.5 Å². The van der Waals surface area contributed by atoms with E-state index in [1.165, 1.54) is 7.11 Å². The van der Waals surface area contributed by atoms with E-state index in [0.29, 0.717) is 17.1 Å². The lowest BCUT2D eigenvalue weighted by atomic mass is 9.67. The molecule has 33 heavy (non-hydrogen) atoms. The molecule has 2 aliphatic rings. The number of Topliss-reactive ketones (excluding diaryl/α,β-unsaturated/α-hetero) is 1. The fraction of sp³-hybridized carbons (Fsp3) is 0.370. The fourth-order valence-electron chi connectivity index (χ4n) is 5.10. The van der Waals surface area contributed by atoms with Gasteiger partial charge in [0.1, 0.15) is 0 Å². The molecule has 0 saturated carbocycles. The standard InChI is InChI=1S/C27H27N3O3/c1-26(2,3)25(31)24-23(18-10-12-20(32-4)21(14-18)33-5)27(15-28,16-29)22-13-11-17-8-6-7-9-19(17)30(22)24/h6-14,22-24H,1-5H3/t22-,23+,24-/m1/s1. The van der Waals surface area contributed by atoms with E-state index >= 15 is 0 Å². The predicted octanol–water partition coefficient (Wildman–Crippen LogP) is 4.72. The van der Waals surface area contributed by atoms with E-state index in [2.05, 4.69) is 12.1 Å². The summed E-state index contributed by atoms with van der Waals surface area (Å²) in [5.74, 6) is 0.313. The minimum atomic E-state index is -1.48. The maximum absolute atomic E-state index is 14.0. The van der Waals surface area contributed by atoms with Crippen LogP contribution >= 0.6 is 0 Å². The van der Waals surface area contributed by atoms with E-state index in [-0.39, 0.29) is 5.78 Å². The first-order valence-corrected chi connectivity index (χ1v) is 10.9. The molecule has 1 fully saturated rings. The monoisotopic (exact) mass is 441 g/mol. The number of carbonyl (C=O) groups is 1. The molecule has 0 radical (unpaired) electrons. The molecule has 4 rings (SSSR count). The molecule has 0 bridgehead atoms. The van der Waals surface area contributed by atoms with Gasteiger partial charge in [-0.25, -0.2) is 0 Å². The number of anilines is 1. The lowest BCUT2D eigenvalue weighted by Crippen LogP contribution is -2.47. The van der Waals surface area contributed by atoms with Gasteiger partial charge >= 0.3 is 0 Å². The number of carbonyl (C=O) groups excluding carboxylic acids is 1. The Kier molecular flexibility index (Phi) is 5.42. The summed E-state index contributed by atoms with van der Waals surface area (Å²) in [6, 6.07) is 16.5. The first kappa shape index (κ1) is 22.4. The third-order valence-corrected chi connectivity index (χ3v) is 6.69. The second-order valence-corrected chi connectivity index (χ2v) is 9.51. The number of benzene rings is 2. The molecule has 3 atom stereocenters. The molecule has 6 nitrogen and oxygen atoms in total. The van der Waals surface area contributed by atoms with Crippen LogP contribution < -0.4 is 14.4 Å². The molecule has 0 amide bonds. The highest BCUT2D eigenvalue weighted by Gasteiger charge is 2.64. The van der Waals surface area contributed by atoms with Gasteiger partial charge in [-0.3, -0.25) is 4.79 Å². The summed E-state index contributed by atoms with van der Waals surface area (Å²) in [4.78, 5) is 16.0. The van der Waals surface area contributed by atoms with E-state index in [0.717, 1.165) is 11.3 Å². The lowest BCUT2D eigenvalue weighted by molar-refractivity contribution is -0.127. The number of hydrogen-bond acceptors (Lipinski definition) is 6. The summed E-state index contributed by atoms with van der Waals surface area (Å²) in [6.07, 6.45) is 3.83. The van der Waals surface area contributed by atoms with Crippen molar-refractivity contribution in [3.8, 4) is 23.6 Å². The second-order valence-electron chi connectivity index (χ2n) is 9.51. The summed E-state index contributed by atoms with van der Waals surface area (Å²) in [5.41, 5.74) is 0.346. The largest absolute Gasteiger partial charge is 0.493 e. The maximum atomic E-state index is 14.0. The lowest BCUT2D eigenvalue weighted by Gasteiger charge is -2.37. The summed E-state index contributed by atoms with van der Waals surface area (Å²) >= 11 is 0. The van der Waals surface area contributed by atoms with E-state index in [9.17, 15) is 15.3 Å². The quantitative estimate of drug-likeness (QED) is 0.682. The minimum Gasteiger partial charge on any atom is -0.493 e. The number of ether oxygens (including phenoxy) is 2. The molecule has 2 aromatic rings. The molecular formula is C27H27N3O3. The first-order valence-electron chi connectivity index (χ1n) is 10.9. The number of hydrogen-bond donors (Lipinski definition) is 0. The molecular weight excluding hydrogens is 414 g/mol. The van der Waals surface area contributed by atoms with E-state index < -0.39 is 28.8 Å². The van der Waals surface area contributed by atoms with Crippen molar-refractivity contribution in [2.75, 3.05) is 19.1 Å². The zero-order valence-corrected chi connectivity index (χ0v) is 19.5. The van der Waals surface area contributed by atoms with Gasteiger partial charge in [0.2, 0.25) is 0 Å². The molecule has 2 aliphatic heterocycles. The van der Waals surface area contributed by atoms with Crippen LogP contribution in [-0.4, -0.2) is 32.1 Å². The van der Waals surface area contributed by atoms with Gasteiger partial charge in [0.05, 0.1) is 38.4 Å². The van der Waals surface area contributed by atoms with Crippen LogP contribution in [0.5, 0.6) is 11.5 Å². The van der Waals surface area contributed by atoms with Crippen LogP contribution in [0.4, 0.5) is 5.69 Å². The van der Waals surface area contributed by atoms with Crippen LogP contribution in [0.1, 0.15) is 37.8 Å². The zero-order chi connectivity index (χ0) is 24.0. The summed E-state index contributed by atoms with van der Waals surface area (Å²) < 4.78 is 10.9. The Morgan fingerprint density at radius 1 is 1.03 bits per heavy atom. The Labute approximate surface area is 194 Å². The normalized spacial score (nSPS) is 22.5. The zero-order valence-electron chi connectivity index (χ0n) is 19.5. The van der Waals surface area contributed by atoms with Gasteiger partial charge in [0.15, 0.2) is 22.7 Å². The van der Waals surface area contributed by atoms with Crippen LogP contribution in [0.3, 0.4) is 0 Å². The summed E-state index contributed by atoms with van der Waals surface area (Å²) in [6.45, 7) is 5.63. The van der Waals surface area contributed by atoms with Crippen LogP contribution in [0.2, 0.25) is 0 Å². The molecule has 0 spiro atoms. The van der Waals surface area contributed by atoms with Crippen molar-refractivity contribution in [1.29, 1.82) is 10.5 Å². The van der Waals surface area contributed by atoms with Crippen LogP contribution in [-0.2, 0) is 4.79 Å². The molecule has 1 saturated heterocycles. The molecule has 0 aromatic heterocycles. The summed E-state index contributed by atoms with van der Waals surface area (Å²) in [5, 5.41) is 20.9. The predicted molar refractivity (Wildman–Crippen MR) is 126 cm³/mol. The highest BCUT2D eigenvalue weighted by atomic mass is 16.5. The molecule has 0 N–H and O–H groups in total. The Morgan fingerprint density at radius 3 is 2.30 bits per heavy atom. The van der Waals surface area contributed by atoms with E-state index in [1.807, 2.05) is 68.2 Å². The van der Waals surface area contributed by atoms with Crippen molar-refractivity contribution in [2.24, 2.45) is 10.8 Å². The number of ketones is 1. The highest BCUT2D eigenvalue weighted by molar-refractivity contribution is 5.96. The average Bonchev–Trinajstić information content (AvgIpc) is 3.13. The van der Waals surface area contributed by atoms with Crippen molar-refractivity contribution in [1.82, 2.24) is 0 Å². The highest BCUT2D eigenvalue weighted by Crippen LogP contribution is 2.56. The number of para-hydroxylation sites is 1. The van der Waals surface area contributed by atoms with Gasteiger partial charge in [-0.15, -0.1) is 0 Å². The number of nitriles is 2. The Hall–Kier alpha value is -3.77. The van der Waals surface area contributed by atoms with Crippen molar-refractivity contribution in [3.63, 3.8) is 0 Å². The maximum Gasteiger partial charge on any atom is 0.176 e. The molecule has 6 heteroatoms. The Morgan fingerprint density at radius 2 is 1.70 bits per heavy atom. The molecule has 2 heterocycles. The van der Waals surface area contributed by atoms with Gasteiger partial charge in [-0.05, 0) is 29.3 Å². The SMILES string of the molecule is COc1ccc([C@H]2[C@H](C(=O)C(C)(C)C)N3c4ccccc4C=C[C@@H]3C2(C#N)C#N)cc1OC. The summed E-state index contributed by atoms with van der Waals surface area (Å²) in [7, 11) is 3.09. The topological polar surface area (TPSA) is 86.4 Å². The Balaban J connectivity index is 2.03. The average molecular weight is 442 g/mol. The van der Waals surface area contributed by atoms with Gasteiger partial charge in [-0.2, -0.15) is 10.5 Å². The van der Waals surface area contributed by atoms with Crippen molar-refractivity contribution in [3.05, 3.63) is 59.7 Å². The van der Waals surface area contributed by atoms with Gasteiger partial charge < -0.3 is 14.4 Å². The van der Waals surface area contributed by atoms with E-state index in [4.69, 9.17) is 9.47 Å². The second kappa shape index (κ2) is 7.98. The fourth-order valence-corrected chi connectivity index (χ4v) is 5.10. The minimum absolute atomic E-state index is 0.0234. The molecule has 0 unspecified atom stereocenters. The molecule has 0 aliphatic carbocycles. The number of nitrogens with zero attached hydrogens (tertiary/aromatic N) is 3. The van der Waals surface area contributed by atoms with Crippen LogP contribution in [0.25, 0.3) is 6.08 Å². The third-order valence-electron chi connectivity index (χ3n) is 6.69. The number of fused-ring (bicyclic) bond motifs is 3. The van der Waals surface area contributed by atoms with E-state index in [1.54, 1.807) is 19.2 Å². The van der Waals surface area contributed by atoms with Gasteiger partial charge in [-0.1, -0.05) is 57.2 Å². The molecule has 168 valence electrons. The molecule has 2 aromatic carbocycles. The van der Waals surface area contributed by atoms with Crippen molar-refractivity contribution < 1.29 is 14.3 Å². The Bertz CT molecular complexity index is 1200. The van der Waals surface area contributed by atoms with Gasteiger partial charge in [0.25, 0.3) is 0 Å². The number of rotatable bonds is 4. The first-order chi connectivity index (χ1) is 15.7. The van der Waals surface area contributed by atoms with Crippen molar-refractivity contribution in [2.45, 2.75) is 38.8 Å². The number of methoxy groups -OCH3 is 2. The van der Waals surface area contributed by atoms with Gasteiger partial charge in [0, 0.05) is 17.0 Å². The van der Waals surface area contributed by atoms with Crippen molar-refractivity contribution >= 4 is 17.5 Å². The third kappa shape index (κ3) is 3.26. The smallest absolute Gasteiger partial charge is 0.176 e.